The molecule has 0 aliphatic rings. The number of benzene rings is 3. The van der Waals surface area contributed by atoms with Crippen LogP contribution >= 0.6 is 0 Å². The minimum Gasteiger partial charge on any atom is -0.322 e. The van der Waals surface area contributed by atoms with Gasteiger partial charge in [-0.1, -0.05) is 54.6 Å². The van der Waals surface area contributed by atoms with Crippen LogP contribution in [0.5, 0.6) is 0 Å². The molecule has 7 nitrogen and oxygen atoms in total. The molecule has 8 heteroatoms. The van der Waals surface area contributed by atoms with Crippen molar-refractivity contribution in [3.05, 3.63) is 113 Å². The summed E-state index contributed by atoms with van der Waals surface area (Å²) in [5.74, 6) is -0.637. The predicted molar refractivity (Wildman–Crippen MR) is 129 cm³/mol. The van der Waals surface area contributed by atoms with Crippen molar-refractivity contribution in [2.45, 2.75) is 4.90 Å². The minimum atomic E-state index is -3.85. The molecular formula is C25H21N3O4S. The Labute approximate surface area is 191 Å². The molecule has 0 radical (unpaired) electrons. The highest BCUT2D eigenvalue weighted by atomic mass is 32.2. The fraction of sp³-hybridized carbons (Fsp3) is 0.0400. The standard InChI is InChI=1S/C25H21N3O4S/c1-28(20-12-6-3-7-13-20)33(31,32)21-14-8-11-19(17-21)26-24(29)22-15-16-23(27-25(22)30)18-9-4-2-5-10-18/h2-17H,1H3,(H,26,29)(H,27,30). The fourth-order valence-corrected chi connectivity index (χ4v) is 4.55. The number of sulfonamides is 1. The van der Waals surface area contributed by atoms with Gasteiger partial charge in [0.25, 0.3) is 21.5 Å². The van der Waals surface area contributed by atoms with Gasteiger partial charge in [-0.2, -0.15) is 0 Å². The Bertz CT molecular complexity index is 1450. The quantitative estimate of drug-likeness (QED) is 0.453. The molecule has 0 aliphatic carbocycles. The summed E-state index contributed by atoms with van der Waals surface area (Å²) in [6.07, 6.45) is 0. The Kier molecular flexibility index (Phi) is 6.10. The van der Waals surface area contributed by atoms with Gasteiger partial charge in [0, 0.05) is 18.4 Å². The van der Waals surface area contributed by atoms with Crippen molar-refractivity contribution in [2.75, 3.05) is 16.7 Å². The average molecular weight is 460 g/mol. The molecule has 0 fully saturated rings. The zero-order chi connectivity index (χ0) is 23.4. The third-order valence-electron chi connectivity index (χ3n) is 5.11. The second-order valence-corrected chi connectivity index (χ2v) is 9.24. The molecule has 3 aromatic carbocycles. The van der Waals surface area contributed by atoms with E-state index in [4.69, 9.17) is 0 Å². The molecular weight excluding hydrogens is 438 g/mol. The molecule has 4 rings (SSSR count). The normalized spacial score (nSPS) is 11.1. The van der Waals surface area contributed by atoms with Gasteiger partial charge < -0.3 is 10.3 Å². The first-order valence-corrected chi connectivity index (χ1v) is 11.5. The van der Waals surface area contributed by atoms with Crippen LogP contribution in [0.1, 0.15) is 10.4 Å². The first-order valence-electron chi connectivity index (χ1n) is 10.1. The summed E-state index contributed by atoms with van der Waals surface area (Å²) in [4.78, 5) is 27.9. The van der Waals surface area contributed by atoms with Crippen LogP contribution in [0.2, 0.25) is 0 Å². The molecule has 1 amide bonds. The third kappa shape index (κ3) is 4.70. The van der Waals surface area contributed by atoms with E-state index in [-0.39, 0.29) is 16.1 Å². The summed E-state index contributed by atoms with van der Waals surface area (Å²) in [7, 11) is -2.38. The third-order valence-corrected chi connectivity index (χ3v) is 6.89. The van der Waals surface area contributed by atoms with Gasteiger partial charge in [0.05, 0.1) is 10.6 Å². The Morgan fingerprint density at radius 2 is 1.52 bits per heavy atom. The highest BCUT2D eigenvalue weighted by Crippen LogP contribution is 2.24. The van der Waals surface area contributed by atoms with Crippen molar-refractivity contribution in [1.82, 2.24) is 4.98 Å². The molecule has 0 aliphatic heterocycles. The van der Waals surface area contributed by atoms with E-state index in [9.17, 15) is 18.0 Å². The van der Waals surface area contributed by atoms with E-state index in [0.717, 1.165) is 5.56 Å². The van der Waals surface area contributed by atoms with Crippen LogP contribution in [0.3, 0.4) is 0 Å². The van der Waals surface area contributed by atoms with Crippen LogP contribution in [0.15, 0.2) is 107 Å². The van der Waals surface area contributed by atoms with Gasteiger partial charge in [-0.25, -0.2) is 8.42 Å². The Morgan fingerprint density at radius 3 is 2.18 bits per heavy atom. The highest BCUT2D eigenvalue weighted by molar-refractivity contribution is 7.92. The van der Waals surface area contributed by atoms with E-state index in [1.807, 2.05) is 30.3 Å². The molecule has 4 aromatic rings. The van der Waals surface area contributed by atoms with E-state index in [1.165, 1.54) is 35.6 Å². The molecule has 2 N–H and O–H groups in total. The molecule has 0 bridgehead atoms. The number of pyridine rings is 1. The molecule has 0 saturated carbocycles. The van der Waals surface area contributed by atoms with Gasteiger partial charge >= 0.3 is 0 Å². The van der Waals surface area contributed by atoms with E-state index in [0.29, 0.717) is 11.4 Å². The highest BCUT2D eigenvalue weighted by Gasteiger charge is 2.22. The molecule has 0 spiro atoms. The lowest BCUT2D eigenvalue weighted by molar-refractivity contribution is 0.102. The van der Waals surface area contributed by atoms with Gasteiger partial charge in [0.15, 0.2) is 0 Å². The van der Waals surface area contributed by atoms with Gasteiger partial charge in [0.1, 0.15) is 5.56 Å². The first-order chi connectivity index (χ1) is 15.9. The van der Waals surface area contributed by atoms with Crippen molar-refractivity contribution in [3.8, 4) is 11.3 Å². The lowest BCUT2D eigenvalue weighted by Gasteiger charge is -2.19. The van der Waals surface area contributed by atoms with Crippen molar-refractivity contribution in [3.63, 3.8) is 0 Å². The summed E-state index contributed by atoms with van der Waals surface area (Å²) in [5.41, 5.74) is 1.56. The second kappa shape index (κ2) is 9.13. The van der Waals surface area contributed by atoms with Crippen molar-refractivity contribution < 1.29 is 13.2 Å². The number of aromatic nitrogens is 1. The number of nitrogens with one attached hydrogen (secondary N) is 2. The number of aromatic amines is 1. The number of anilines is 2. The average Bonchev–Trinajstić information content (AvgIpc) is 2.84. The largest absolute Gasteiger partial charge is 0.322 e. The van der Waals surface area contributed by atoms with Crippen LogP contribution in [0.4, 0.5) is 11.4 Å². The summed E-state index contributed by atoms with van der Waals surface area (Å²) in [6, 6.07) is 27.0. The fourth-order valence-electron chi connectivity index (χ4n) is 3.31. The van der Waals surface area contributed by atoms with E-state index >= 15 is 0 Å². The zero-order valence-electron chi connectivity index (χ0n) is 17.7. The van der Waals surface area contributed by atoms with E-state index in [1.54, 1.807) is 42.5 Å². The van der Waals surface area contributed by atoms with Crippen LogP contribution in [0.25, 0.3) is 11.3 Å². The number of para-hydroxylation sites is 1. The van der Waals surface area contributed by atoms with Crippen LogP contribution in [-0.2, 0) is 10.0 Å². The second-order valence-electron chi connectivity index (χ2n) is 7.27. The first kappa shape index (κ1) is 22.0. The SMILES string of the molecule is CN(c1ccccc1)S(=O)(=O)c1cccc(NC(=O)c2ccc(-c3ccccc3)[nH]c2=O)c1. The number of carbonyl (C=O) groups excluding carboxylic acids is 1. The number of hydrogen-bond acceptors (Lipinski definition) is 4. The molecule has 0 saturated heterocycles. The number of H-pyrrole nitrogens is 1. The molecule has 0 unspecified atom stereocenters. The summed E-state index contributed by atoms with van der Waals surface area (Å²) in [6.45, 7) is 0. The zero-order valence-corrected chi connectivity index (χ0v) is 18.5. The predicted octanol–water partition coefficient (Wildman–Crippen LogP) is 4.12. The lowest BCUT2D eigenvalue weighted by Crippen LogP contribution is -2.27. The van der Waals surface area contributed by atoms with Gasteiger partial charge in [-0.3, -0.25) is 13.9 Å². The van der Waals surface area contributed by atoms with Gasteiger partial charge in [0.2, 0.25) is 0 Å². The summed E-state index contributed by atoms with van der Waals surface area (Å²) in [5, 5.41) is 2.61. The number of hydrogen-bond donors (Lipinski definition) is 2. The summed E-state index contributed by atoms with van der Waals surface area (Å²) < 4.78 is 27.2. The maximum Gasteiger partial charge on any atom is 0.264 e. The molecule has 166 valence electrons. The smallest absolute Gasteiger partial charge is 0.264 e. The van der Waals surface area contributed by atoms with Gasteiger partial charge in [-0.15, -0.1) is 0 Å². The number of amides is 1. The molecule has 0 atom stereocenters. The van der Waals surface area contributed by atoms with Gasteiger partial charge in [-0.05, 0) is 48.0 Å². The maximum atomic E-state index is 13.0. The number of carbonyl (C=O) groups is 1. The van der Waals surface area contributed by atoms with E-state index < -0.39 is 21.5 Å². The number of nitrogens with zero attached hydrogens (tertiary/aromatic N) is 1. The summed E-state index contributed by atoms with van der Waals surface area (Å²) >= 11 is 0. The maximum absolute atomic E-state index is 13.0. The van der Waals surface area contributed by atoms with Crippen molar-refractivity contribution in [2.24, 2.45) is 0 Å². The monoisotopic (exact) mass is 459 g/mol. The van der Waals surface area contributed by atoms with Crippen molar-refractivity contribution >= 4 is 27.3 Å². The molecule has 1 aromatic heterocycles. The molecule has 1 heterocycles. The van der Waals surface area contributed by atoms with Crippen molar-refractivity contribution in [1.29, 1.82) is 0 Å². The van der Waals surface area contributed by atoms with Crippen LogP contribution < -0.4 is 15.2 Å². The Balaban J connectivity index is 1.56. The Hall–Kier alpha value is -4.17. The van der Waals surface area contributed by atoms with Crippen LogP contribution in [-0.4, -0.2) is 26.4 Å². The van der Waals surface area contributed by atoms with E-state index in [2.05, 4.69) is 10.3 Å². The Morgan fingerprint density at radius 1 is 0.848 bits per heavy atom. The minimum absolute atomic E-state index is 0.0139. The topological polar surface area (TPSA) is 99.3 Å². The lowest BCUT2D eigenvalue weighted by atomic mass is 10.1. The number of rotatable bonds is 6. The molecule has 33 heavy (non-hydrogen) atoms. The van der Waals surface area contributed by atoms with Crippen LogP contribution in [0, 0.1) is 0 Å².